The molecule has 2 aromatic rings. The van der Waals surface area contributed by atoms with Crippen molar-refractivity contribution in [2.45, 2.75) is 26.4 Å². The van der Waals surface area contributed by atoms with Crippen molar-refractivity contribution in [2.75, 3.05) is 26.2 Å². The zero-order chi connectivity index (χ0) is 19.6. The number of piperazine rings is 1. The SMILES string of the molecule is Cc1cc([N+](=O)[O-])nn1C(C)C(=O)N1CCN(Cc2ccc(Cl)cc2)CC1. The summed E-state index contributed by atoms with van der Waals surface area (Å²) in [4.78, 5) is 27.2. The average Bonchev–Trinajstić information content (AvgIpc) is 3.05. The van der Waals surface area contributed by atoms with E-state index in [0.29, 0.717) is 18.8 Å². The topological polar surface area (TPSA) is 84.5 Å². The molecule has 144 valence electrons. The van der Waals surface area contributed by atoms with Crippen molar-refractivity contribution in [1.82, 2.24) is 19.6 Å². The van der Waals surface area contributed by atoms with Crippen LogP contribution in [0.4, 0.5) is 5.82 Å². The Bertz CT molecular complexity index is 828. The minimum Gasteiger partial charge on any atom is -0.358 e. The van der Waals surface area contributed by atoms with Crippen molar-refractivity contribution in [3.05, 3.63) is 56.7 Å². The minimum absolute atomic E-state index is 0.0674. The third kappa shape index (κ3) is 4.45. The maximum Gasteiger partial charge on any atom is 0.390 e. The first-order chi connectivity index (χ1) is 12.8. The Morgan fingerprint density at radius 1 is 1.26 bits per heavy atom. The van der Waals surface area contributed by atoms with Gasteiger partial charge in [-0.1, -0.05) is 23.7 Å². The van der Waals surface area contributed by atoms with Gasteiger partial charge in [-0.3, -0.25) is 9.69 Å². The largest absolute Gasteiger partial charge is 0.390 e. The molecule has 1 unspecified atom stereocenters. The summed E-state index contributed by atoms with van der Waals surface area (Å²) < 4.78 is 1.43. The summed E-state index contributed by atoms with van der Waals surface area (Å²) in [6, 6.07) is 8.59. The average molecular weight is 392 g/mol. The first-order valence-electron chi connectivity index (χ1n) is 8.81. The molecule has 1 aliphatic heterocycles. The number of benzene rings is 1. The van der Waals surface area contributed by atoms with E-state index >= 15 is 0 Å². The highest BCUT2D eigenvalue weighted by molar-refractivity contribution is 6.30. The van der Waals surface area contributed by atoms with Crippen LogP contribution in [0, 0.1) is 17.0 Å². The molecular weight excluding hydrogens is 370 g/mol. The molecule has 1 atom stereocenters. The van der Waals surface area contributed by atoms with Crippen LogP contribution in [-0.4, -0.2) is 56.6 Å². The second-order valence-electron chi connectivity index (χ2n) is 6.75. The molecule has 0 N–H and O–H groups in total. The summed E-state index contributed by atoms with van der Waals surface area (Å²) in [6.45, 7) is 7.07. The van der Waals surface area contributed by atoms with Crippen molar-refractivity contribution < 1.29 is 9.72 Å². The molecule has 2 heterocycles. The Kier molecular flexibility index (Phi) is 5.76. The van der Waals surface area contributed by atoms with Gasteiger partial charge in [0, 0.05) is 37.7 Å². The molecule has 0 bridgehead atoms. The zero-order valence-electron chi connectivity index (χ0n) is 15.3. The Balaban J connectivity index is 1.57. The van der Waals surface area contributed by atoms with E-state index in [0.717, 1.165) is 24.7 Å². The Labute approximate surface area is 162 Å². The quantitative estimate of drug-likeness (QED) is 0.577. The molecule has 1 aliphatic rings. The third-order valence-electron chi connectivity index (χ3n) is 4.82. The van der Waals surface area contributed by atoms with Crippen LogP contribution in [0.5, 0.6) is 0 Å². The van der Waals surface area contributed by atoms with Crippen molar-refractivity contribution in [3.63, 3.8) is 0 Å². The Hall–Kier alpha value is -2.45. The minimum atomic E-state index is -0.568. The van der Waals surface area contributed by atoms with Gasteiger partial charge in [0.25, 0.3) is 0 Å². The molecule has 9 heteroatoms. The summed E-state index contributed by atoms with van der Waals surface area (Å²) in [6.07, 6.45) is 0. The Morgan fingerprint density at radius 2 is 1.89 bits per heavy atom. The summed E-state index contributed by atoms with van der Waals surface area (Å²) in [5.41, 5.74) is 1.79. The maximum atomic E-state index is 12.8. The number of carbonyl (C=O) groups is 1. The monoisotopic (exact) mass is 391 g/mol. The lowest BCUT2D eigenvalue weighted by molar-refractivity contribution is -0.389. The van der Waals surface area contributed by atoms with Crippen molar-refractivity contribution in [3.8, 4) is 0 Å². The van der Waals surface area contributed by atoms with E-state index in [9.17, 15) is 14.9 Å². The molecule has 0 saturated carbocycles. The zero-order valence-corrected chi connectivity index (χ0v) is 16.1. The number of rotatable bonds is 5. The number of nitrogens with zero attached hydrogens (tertiary/aromatic N) is 5. The predicted molar refractivity (Wildman–Crippen MR) is 102 cm³/mol. The van der Waals surface area contributed by atoms with Gasteiger partial charge in [0.2, 0.25) is 5.91 Å². The number of carbonyl (C=O) groups excluding carboxylic acids is 1. The van der Waals surface area contributed by atoms with Crippen LogP contribution in [0.2, 0.25) is 5.02 Å². The van der Waals surface area contributed by atoms with Gasteiger partial charge in [-0.25, -0.2) is 0 Å². The van der Waals surface area contributed by atoms with E-state index in [1.807, 2.05) is 24.3 Å². The van der Waals surface area contributed by atoms with Gasteiger partial charge in [0.15, 0.2) is 0 Å². The summed E-state index contributed by atoms with van der Waals surface area (Å²) in [5, 5.41) is 15.6. The van der Waals surface area contributed by atoms with E-state index < -0.39 is 11.0 Å². The molecule has 0 radical (unpaired) electrons. The lowest BCUT2D eigenvalue weighted by Gasteiger charge is -2.35. The third-order valence-corrected chi connectivity index (χ3v) is 5.08. The molecule has 0 aliphatic carbocycles. The summed E-state index contributed by atoms with van der Waals surface area (Å²) in [5.74, 6) is -0.304. The highest BCUT2D eigenvalue weighted by Crippen LogP contribution is 2.19. The van der Waals surface area contributed by atoms with Gasteiger partial charge in [0.1, 0.15) is 6.04 Å². The van der Waals surface area contributed by atoms with Crippen LogP contribution in [0.3, 0.4) is 0 Å². The second-order valence-corrected chi connectivity index (χ2v) is 7.19. The predicted octanol–water partition coefficient (Wildman–Crippen LogP) is 2.66. The molecule has 3 rings (SSSR count). The first kappa shape index (κ1) is 19.3. The van der Waals surface area contributed by atoms with Gasteiger partial charge >= 0.3 is 5.82 Å². The van der Waals surface area contributed by atoms with E-state index in [2.05, 4.69) is 10.00 Å². The highest BCUT2D eigenvalue weighted by atomic mass is 35.5. The van der Waals surface area contributed by atoms with E-state index in [1.165, 1.54) is 16.3 Å². The summed E-state index contributed by atoms with van der Waals surface area (Å²) >= 11 is 5.92. The number of aromatic nitrogens is 2. The molecule has 1 aromatic heterocycles. The number of aryl methyl sites for hydroxylation is 1. The number of hydrogen-bond acceptors (Lipinski definition) is 5. The van der Waals surface area contributed by atoms with Gasteiger partial charge < -0.3 is 15.0 Å². The van der Waals surface area contributed by atoms with E-state index in [4.69, 9.17) is 11.6 Å². The van der Waals surface area contributed by atoms with Gasteiger partial charge in [-0.2, -0.15) is 4.68 Å². The van der Waals surface area contributed by atoms with Crippen LogP contribution in [0.1, 0.15) is 24.2 Å². The molecule has 27 heavy (non-hydrogen) atoms. The standard InChI is InChI=1S/C18H22ClN5O3/c1-13-11-17(24(26)27)20-23(13)14(2)18(25)22-9-7-21(8-10-22)12-15-3-5-16(19)6-4-15/h3-6,11,14H,7-10,12H2,1-2H3. The second kappa shape index (κ2) is 8.06. The molecule has 0 spiro atoms. The molecular formula is C18H22ClN5O3. The number of halogens is 1. The van der Waals surface area contributed by atoms with Gasteiger partial charge in [0.05, 0.1) is 16.9 Å². The summed E-state index contributed by atoms with van der Waals surface area (Å²) in [7, 11) is 0. The molecule has 1 amide bonds. The lowest BCUT2D eigenvalue weighted by Crippen LogP contribution is -2.50. The van der Waals surface area contributed by atoms with Gasteiger partial charge in [-0.15, -0.1) is 0 Å². The van der Waals surface area contributed by atoms with Gasteiger partial charge in [-0.05, 0) is 36.5 Å². The fraction of sp³-hybridized carbons (Fsp3) is 0.444. The van der Waals surface area contributed by atoms with E-state index in [-0.39, 0.29) is 11.7 Å². The normalized spacial score (nSPS) is 16.3. The maximum absolute atomic E-state index is 12.8. The molecule has 1 fully saturated rings. The lowest BCUT2D eigenvalue weighted by atomic mass is 10.2. The molecule has 1 aromatic carbocycles. The van der Waals surface area contributed by atoms with Crippen molar-refractivity contribution in [2.24, 2.45) is 0 Å². The highest BCUT2D eigenvalue weighted by Gasteiger charge is 2.30. The van der Waals surface area contributed by atoms with Crippen LogP contribution in [0.25, 0.3) is 0 Å². The fourth-order valence-corrected chi connectivity index (χ4v) is 3.42. The van der Waals surface area contributed by atoms with Crippen LogP contribution >= 0.6 is 11.6 Å². The Morgan fingerprint density at radius 3 is 2.44 bits per heavy atom. The van der Waals surface area contributed by atoms with Crippen LogP contribution in [0.15, 0.2) is 30.3 Å². The number of nitro groups is 1. The first-order valence-corrected chi connectivity index (χ1v) is 9.19. The van der Waals surface area contributed by atoms with Crippen molar-refractivity contribution >= 4 is 23.3 Å². The smallest absolute Gasteiger partial charge is 0.358 e. The van der Waals surface area contributed by atoms with Crippen molar-refractivity contribution in [1.29, 1.82) is 0 Å². The van der Waals surface area contributed by atoms with E-state index in [1.54, 1.807) is 18.7 Å². The van der Waals surface area contributed by atoms with Crippen LogP contribution < -0.4 is 0 Å². The fourth-order valence-electron chi connectivity index (χ4n) is 3.30. The van der Waals surface area contributed by atoms with Crippen LogP contribution in [-0.2, 0) is 11.3 Å². The molecule has 1 saturated heterocycles. The number of amides is 1. The molecule has 8 nitrogen and oxygen atoms in total. The number of hydrogen-bond donors (Lipinski definition) is 0.